The molecule has 3 nitrogen and oxygen atoms in total. The van der Waals surface area contributed by atoms with Crippen LogP contribution in [-0.2, 0) is 4.79 Å². The van der Waals surface area contributed by atoms with Crippen molar-refractivity contribution in [3.63, 3.8) is 0 Å². The quantitative estimate of drug-likeness (QED) is 0.811. The molecular weight excluding hydrogens is 284 g/mol. The molecule has 0 unspecified atom stereocenters. The van der Waals surface area contributed by atoms with Crippen molar-refractivity contribution in [2.24, 2.45) is 5.92 Å². The fourth-order valence-electron chi connectivity index (χ4n) is 2.83. The molecule has 2 aromatic rings. The summed E-state index contributed by atoms with van der Waals surface area (Å²) in [6.45, 7) is 6.84. The van der Waals surface area contributed by atoms with Crippen LogP contribution in [0.4, 0.5) is 0 Å². The highest BCUT2D eigenvalue weighted by atomic mass is 16.1. The van der Waals surface area contributed by atoms with Gasteiger partial charge in [-0.1, -0.05) is 74.5 Å². The second-order valence-electron chi connectivity index (χ2n) is 6.32. The Hall–Kier alpha value is -2.13. The summed E-state index contributed by atoms with van der Waals surface area (Å²) in [5.41, 5.74) is 2.40. The minimum Gasteiger partial charge on any atom is -0.345 e. The molecule has 2 aromatic carbocycles. The van der Waals surface area contributed by atoms with Gasteiger partial charge in [-0.25, -0.2) is 0 Å². The molecule has 0 spiro atoms. The highest BCUT2D eigenvalue weighted by Crippen LogP contribution is 2.16. The summed E-state index contributed by atoms with van der Waals surface area (Å²) < 4.78 is 0. The van der Waals surface area contributed by atoms with Gasteiger partial charge in [0.25, 0.3) is 5.91 Å². The fourth-order valence-corrected chi connectivity index (χ4v) is 2.83. The van der Waals surface area contributed by atoms with E-state index in [4.69, 9.17) is 0 Å². The Kier molecular flexibility index (Phi) is 6.36. The maximum atomic E-state index is 12.2. The van der Waals surface area contributed by atoms with Gasteiger partial charge in [-0.05, 0) is 12.5 Å². The van der Waals surface area contributed by atoms with E-state index in [0.29, 0.717) is 18.5 Å². The molecule has 0 bridgehead atoms. The molecule has 0 fully saturated rings. The van der Waals surface area contributed by atoms with Gasteiger partial charge in [-0.3, -0.25) is 4.79 Å². The number of rotatable bonds is 7. The first-order valence-corrected chi connectivity index (χ1v) is 8.30. The summed E-state index contributed by atoms with van der Waals surface area (Å²) in [6, 6.07) is 20.8. The molecule has 3 N–H and O–H groups in total. The lowest BCUT2D eigenvalue weighted by Crippen LogP contribution is -2.88. The van der Waals surface area contributed by atoms with Gasteiger partial charge < -0.3 is 10.6 Å². The number of carbonyl (C=O) groups is 1. The van der Waals surface area contributed by atoms with Crippen molar-refractivity contribution in [2.75, 3.05) is 6.54 Å². The highest BCUT2D eigenvalue weighted by molar-refractivity contribution is 5.77. The van der Waals surface area contributed by atoms with Gasteiger partial charge in [-0.15, -0.1) is 0 Å². The predicted molar refractivity (Wildman–Crippen MR) is 93.8 cm³/mol. The van der Waals surface area contributed by atoms with Crippen LogP contribution in [-0.4, -0.2) is 12.5 Å². The summed E-state index contributed by atoms with van der Waals surface area (Å²) in [4.78, 5) is 12.2. The van der Waals surface area contributed by atoms with Crippen LogP contribution in [0.5, 0.6) is 0 Å². The molecular formula is C20H27N2O+. The molecule has 0 heterocycles. The van der Waals surface area contributed by atoms with E-state index in [1.54, 1.807) is 0 Å². The largest absolute Gasteiger partial charge is 0.345 e. The van der Waals surface area contributed by atoms with Crippen molar-refractivity contribution < 1.29 is 10.1 Å². The molecule has 2 rings (SSSR count). The lowest BCUT2D eigenvalue weighted by atomic mass is 9.96. The monoisotopic (exact) mass is 311 g/mol. The summed E-state index contributed by atoms with van der Waals surface area (Å²) in [5.74, 6) is 0.541. The van der Waals surface area contributed by atoms with Crippen LogP contribution in [0, 0.1) is 5.92 Å². The Morgan fingerprint density at radius 1 is 0.913 bits per heavy atom. The van der Waals surface area contributed by atoms with Crippen molar-refractivity contribution in [3.05, 3.63) is 71.8 Å². The maximum Gasteiger partial charge on any atom is 0.275 e. The van der Waals surface area contributed by atoms with Crippen LogP contribution < -0.4 is 10.6 Å². The highest BCUT2D eigenvalue weighted by Gasteiger charge is 2.20. The van der Waals surface area contributed by atoms with E-state index in [0.717, 1.165) is 5.56 Å². The average Bonchev–Trinajstić information content (AvgIpc) is 2.56. The zero-order valence-electron chi connectivity index (χ0n) is 14.2. The Bertz CT molecular complexity index is 596. The number of hydrogen-bond donors (Lipinski definition) is 2. The van der Waals surface area contributed by atoms with Crippen LogP contribution in [0.1, 0.15) is 44.0 Å². The third kappa shape index (κ3) is 5.22. The van der Waals surface area contributed by atoms with E-state index in [-0.39, 0.29) is 11.9 Å². The first kappa shape index (κ1) is 17.2. The van der Waals surface area contributed by atoms with Crippen LogP contribution in [0.25, 0.3) is 0 Å². The van der Waals surface area contributed by atoms with Crippen molar-refractivity contribution in [1.82, 2.24) is 5.32 Å². The predicted octanol–water partition coefficient (Wildman–Crippen LogP) is 2.82. The smallest absolute Gasteiger partial charge is 0.275 e. The second-order valence-corrected chi connectivity index (χ2v) is 6.32. The van der Waals surface area contributed by atoms with Gasteiger partial charge in [0, 0.05) is 11.5 Å². The van der Waals surface area contributed by atoms with Gasteiger partial charge in [-0.2, -0.15) is 0 Å². The molecule has 1 amide bonds. The number of quaternary nitrogens is 1. The normalized spacial score (nSPS) is 13.6. The molecule has 122 valence electrons. The van der Waals surface area contributed by atoms with Crippen molar-refractivity contribution in [1.29, 1.82) is 0 Å². The Labute approximate surface area is 139 Å². The average molecular weight is 311 g/mol. The first-order valence-electron chi connectivity index (χ1n) is 8.30. The third-order valence-corrected chi connectivity index (χ3v) is 4.14. The standard InChI is InChI=1S/C20H26N2O/c1-15(2)20(18-12-8-5-9-13-18)21-14-19(23)22-16(3)17-10-6-4-7-11-17/h4-13,15-16,20-21H,14H2,1-3H3,(H,22,23)/p+1/t16-,20+/m1/s1. The number of carbonyl (C=O) groups excluding carboxylic acids is 1. The molecule has 2 atom stereocenters. The van der Waals surface area contributed by atoms with Gasteiger partial charge in [0.15, 0.2) is 6.54 Å². The number of hydrogen-bond acceptors (Lipinski definition) is 1. The third-order valence-electron chi connectivity index (χ3n) is 4.14. The van der Waals surface area contributed by atoms with E-state index in [1.165, 1.54) is 5.56 Å². The van der Waals surface area contributed by atoms with Crippen LogP contribution in [0.2, 0.25) is 0 Å². The van der Waals surface area contributed by atoms with E-state index in [9.17, 15) is 4.79 Å². The first-order chi connectivity index (χ1) is 11.1. The number of nitrogens with two attached hydrogens (primary N) is 1. The molecule has 0 aliphatic heterocycles. The number of benzene rings is 2. The minimum absolute atomic E-state index is 0.0336. The van der Waals surface area contributed by atoms with E-state index in [1.807, 2.05) is 43.3 Å². The Balaban J connectivity index is 1.89. The van der Waals surface area contributed by atoms with Crippen molar-refractivity contribution in [2.45, 2.75) is 32.9 Å². The van der Waals surface area contributed by atoms with Crippen molar-refractivity contribution in [3.8, 4) is 0 Å². The van der Waals surface area contributed by atoms with Gasteiger partial charge in [0.05, 0.1) is 6.04 Å². The number of amides is 1. The maximum absolute atomic E-state index is 12.2. The van der Waals surface area contributed by atoms with Crippen LogP contribution >= 0.6 is 0 Å². The minimum atomic E-state index is 0.0336. The molecule has 0 radical (unpaired) electrons. The van der Waals surface area contributed by atoms with Gasteiger partial charge in [0.2, 0.25) is 0 Å². The lowest BCUT2D eigenvalue weighted by molar-refractivity contribution is -0.692. The fraction of sp³-hybridized carbons (Fsp3) is 0.350. The second kappa shape index (κ2) is 8.49. The summed E-state index contributed by atoms with van der Waals surface area (Å²) in [6.07, 6.45) is 0. The zero-order valence-corrected chi connectivity index (χ0v) is 14.2. The van der Waals surface area contributed by atoms with E-state index >= 15 is 0 Å². The number of nitrogens with one attached hydrogen (secondary N) is 1. The molecule has 23 heavy (non-hydrogen) atoms. The van der Waals surface area contributed by atoms with Gasteiger partial charge >= 0.3 is 0 Å². The molecule has 0 aliphatic carbocycles. The zero-order chi connectivity index (χ0) is 16.7. The van der Waals surface area contributed by atoms with Crippen LogP contribution in [0.3, 0.4) is 0 Å². The van der Waals surface area contributed by atoms with Crippen molar-refractivity contribution >= 4 is 5.91 Å². The lowest BCUT2D eigenvalue weighted by Gasteiger charge is -2.20. The molecule has 3 heteroatoms. The Morgan fingerprint density at radius 2 is 1.43 bits per heavy atom. The van der Waals surface area contributed by atoms with Crippen LogP contribution in [0.15, 0.2) is 60.7 Å². The van der Waals surface area contributed by atoms with Gasteiger partial charge in [0.1, 0.15) is 6.04 Å². The summed E-state index contributed by atoms with van der Waals surface area (Å²) >= 11 is 0. The SMILES string of the molecule is CC(C)[C@H]([NH2+]CC(=O)N[C@H](C)c1ccccc1)c1ccccc1. The topological polar surface area (TPSA) is 45.7 Å². The summed E-state index contributed by atoms with van der Waals surface area (Å²) in [7, 11) is 0. The van der Waals surface area contributed by atoms with E-state index < -0.39 is 0 Å². The molecule has 0 saturated carbocycles. The molecule has 0 aromatic heterocycles. The van der Waals surface area contributed by atoms with E-state index in [2.05, 4.69) is 48.7 Å². The molecule has 0 saturated heterocycles. The summed E-state index contributed by atoms with van der Waals surface area (Å²) in [5, 5.41) is 5.20. The molecule has 0 aliphatic rings. The Morgan fingerprint density at radius 3 is 1.96 bits per heavy atom.